The van der Waals surface area contributed by atoms with E-state index in [1.54, 1.807) is 43.3 Å². The molecule has 0 heterocycles. The topological polar surface area (TPSA) is 61.8 Å². The number of benzene rings is 2. The third-order valence-electron chi connectivity index (χ3n) is 3.53. The Hall–Kier alpha value is -2.82. The Kier molecular flexibility index (Phi) is 5.95. The van der Waals surface area contributed by atoms with E-state index in [4.69, 9.17) is 14.2 Å². The van der Waals surface area contributed by atoms with Crippen molar-refractivity contribution in [2.24, 2.45) is 0 Å². The molecule has 0 aliphatic carbocycles. The lowest BCUT2D eigenvalue weighted by Crippen LogP contribution is -2.13. The first-order chi connectivity index (χ1) is 11.6. The fourth-order valence-electron chi connectivity index (χ4n) is 2.39. The van der Waals surface area contributed by atoms with Crippen molar-refractivity contribution in [3.63, 3.8) is 0 Å². The SMILES string of the molecule is CCOC(=O)Cc1cc(OC)c(OC)cc1C(=O)c1ccccc1. The predicted octanol–water partition coefficient (Wildman–Crippen LogP) is 3.04. The molecular formula is C19H20O5. The molecule has 0 unspecified atom stereocenters. The number of carbonyl (C=O) groups excluding carboxylic acids is 2. The Morgan fingerprint density at radius 1 is 0.958 bits per heavy atom. The third-order valence-corrected chi connectivity index (χ3v) is 3.53. The molecule has 0 saturated carbocycles. The van der Waals surface area contributed by atoms with E-state index >= 15 is 0 Å². The van der Waals surface area contributed by atoms with Crippen molar-refractivity contribution < 1.29 is 23.8 Å². The molecule has 5 nitrogen and oxygen atoms in total. The fraction of sp³-hybridized carbons (Fsp3) is 0.263. The zero-order valence-corrected chi connectivity index (χ0v) is 14.0. The highest BCUT2D eigenvalue weighted by atomic mass is 16.5. The number of ether oxygens (including phenoxy) is 3. The molecule has 24 heavy (non-hydrogen) atoms. The maximum absolute atomic E-state index is 12.8. The third kappa shape index (κ3) is 3.93. The molecule has 2 aromatic carbocycles. The van der Waals surface area contributed by atoms with E-state index < -0.39 is 5.97 Å². The summed E-state index contributed by atoms with van der Waals surface area (Å²) in [5.41, 5.74) is 1.47. The van der Waals surface area contributed by atoms with Crippen LogP contribution in [0.25, 0.3) is 0 Å². The van der Waals surface area contributed by atoms with Gasteiger partial charge in [0.1, 0.15) is 0 Å². The molecule has 0 aliphatic rings. The van der Waals surface area contributed by atoms with Crippen LogP contribution in [0.15, 0.2) is 42.5 Å². The van der Waals surface area contributed by atoms with Gasteiger partial charge in [-0.05, 0) is 24.6 Å². The summed E-state index contributed by atoms with van der Waals surface area (Å²) in [6.45, 7) is 2.02. The number of ketones is 1. The number of methoxy groups -OCH3 is 2. The summed E-state index contributed by atoms with van der Waals surface area (Å²) < 4.78 is 15.5. The predicted molar refractivity (Wildman–Crippen MR) is 89.8 cm³/mol. The molecule has 0 atom stereocenters. The Labute approximate surface area is 141 Å². The van der Waals surface area contributed by atoms with E-state index in [2.05, 4.69) is 0 Å². The smallest absolute Gasteiger partial charge is 0.310 e. The second kappa shape index (κ2) is 8.15. The summed E-state index contributed by atoms with van der Waals surface area (Å²) in [6, 6.07) is 12.1. The van der Waals surface area contributed by atoms with Crippen LogP contribution in [0.5, 0.6) is 11.5 Å². The summed E-state index contributed by atoms with van der Waals surface area (Å²) in [4.78, 5) is 24.7. The van der Waals surface area contributed by atoms with Crippen molar-refractivity contribution in [1.82, 2.24) is 0 Å². The molecule has 0 N–H and O–H groups in total. The van der Waals surface area contributed by atoms with Crippen molar-refractivity contribution in [2.45, 2.75) is 13.3 Å². The summed E-state index contributed by atoms with van der Waals surface area (Å²) in [6.07, 6.45) is -0.0118. The lowest BCUT2D eigenvalue weighted by molar-refractivity contribution is -0.142. The first-order valence-electron chi connectivity index (χ1n) is 7.61. The minimum absolute atomic E-state index is 0.0118. The van der Waals surface area contributed by atoms with Gasteiger partial charge in [-0.2, -0.15) is 0 Å². The van der Waals surface area contributed by atoms with Crippen LogP contribution in [-0.4, -0.2) is 32.6 Å². The second-order valence-corrected chi connectivity index (χ2v) is 5.04. The van der Waals surface area contributed by atoms with Crippen molar-refractivity contribution >= 4 is 11.8 Å². The average Bonchev–Trinajstić information content (AvgIpc) is 2.61. The molecular weight excluding hydrogens is 308 g/mol. The van der Waals surface area contributed by atoms with Crippen LogP contribution in [0, 0.1) is 0 Å². The van der Waals surface area contributed by atoms with Gasteiger partial charge < -0.3 is 14.2 Å². The van der Waals surface area contributed by atoms with Gasteiger partial charge in [-0.3, -0.25) is 9.59 Å². The number of hydrogen-bond acceptors (Lipinski definition) is 5. The number of rotatable bonds is 7. The van der Waals surface area contributed by atoms with Gasteiger partial charge in [0.25, 0.3) is 0 Å². The molecule has 2 aromatic rings. The van der Waals surface area contributed by atoms with E-state index in [1.807, 2.05) is 6.07 Å². The Balaban J connectivity index is 2.50. The number of esters is 1. The summed E-state index contributed by atoms with van der Waals surface area (Å²) in [5, 5.41) is 0. The Bertz CT molecular complexity index is 722. The summed E-state index contributed by atoms with van der Waals surface area (Å²) >= 11 is 0. The first-order valence-corrected chi connectivity index (χ1v) is 7.61. The van der Waals surface area contributed by atoms with E-state index in [0.717, 1.165) is 0 Å². The van der Waals surface area contributed by atoms with Gasteiger partial charge in [-0.15, -0.1) is 0 Å². The molecule has 0 radical (unpaired) electrons. The quantitative estimate of drug-likeness (QED) is 0.577. The molecule has 0 aromatic heterocycles. The Morgan fingerprint density at radius 3 is 2.17 bits per heavy atom. The summed E-state index contributed by atoms with van der Waals surface area (Å²) in [5.74, 6) is 0.313. The van der Waals surface area contributed by atoms with Crippen LogP contribution in [0.2, 0.25) is 0 Å². The molecule has 0 fully saturated rings. The van der Waals surface area contributed by atoms with Gasteiger partial charge in [-0.1, -0.05) is 30.3 Å². The molecule has 0 amide bonds. The van der Waals surface area contributed by atoms with Crippen molar-refractivity contribution in [1.29, 1.82) is 0 Å². The molecule has 0 aliphatic heterocycles. The second-order valence-electron chi connectivity index (χ2n) is 5.04. The van der Waals surface area contributed by atoms with Crippen LogP contribution in [0.1, 0.15) is 28.4 Å². The molecule has 0 spiro atoms. The molecule has 0 bridgehead atoms. The highest BCUT2D eigenvalue weighted by Gasteiger charge is 2.20. The van der Waals surface area contributed by atoms with Crippen LogP contribution >= 0.6 is 0 Å². The zero-order chi connectivity index (χ0) is 17.5. The van der Waals surface area contributed by atoms with Gasteiger partial charge in [-0.25, -0.2) is 0 Å². The lowest BCUT2D eigenvalue weighted by atomic mass is 9.96. The fourth-order valence-corrected chi connectivity index (χ4v) is 2.39. The van der Waals surface area contributed by atoms with E-state index in [0.29, 0.717) is 28.2 Å². The van der Waals surface area contributed by atoms with Gasteiger partial charge in [0, 0.05) is 11.1 Å². The van der Waals surface area contributed by atoms with Crippen molar-refractivity contribution in [3.8, 4) is 11.5 Å². The van der Waals surface area contributed by atoms with Gasteiger partial charge >= 0.3 is 5.97 Å². The summed E-state index contributed by atoms with van der Waals surface area (Å²) in [7, 11) is 3.00. The van der Waals surface area contributed by atoms with Crippen LogP contribution in [0.3, 0.4) is 0 Å². The normalized spacial score (nSPS) is 10.1. The van der Waals surface area contributed by atoms with Crippen molar-refractivity contribution in [2.75, 3.05) is 20.8 Å². The average molecular weight is 328 g/mol. The number of carbonyl (C=O) groups is 2. The first kappa shape index (κ1) is 17.5. The highest BCUT2D eigenvalue weighted by molar-refractivity contribution is 6.10. The zero-order valence-electron chi connectivity index (χ0n) is 14.0. The molecule has 0 saturated heterocycles. The molecule has 2 rings (SSSR count). The minimum atomic E-state index is -0.396. The lowest BCUT2D eigenvalue weighted by Gasteiger charge is -2.14. The van der Waals surface area contributed by atoms with E-state index in [1.165, 1.54) is 14.2 Å². The molecule has 5 heteroatoms. The highest BCUT2D eigenvalue weighted by Crippen LogP contribution is 2.32. The maximum atomic E-state index is 12.8. The van der Waals surface area contributed by atoms with Gasteiger partial charge in [0.15, 0.2) is 17.3 Å². The standard InChI is InChI=1S/C19H20O5/c1-4-24-18(20)11-14-10-16(22-2)17(23-3)12-15(14)19(21)13-8-6-5-7-9-13/h5-10,12H,4,11H2,1-3H3. The Morgan fingerprint density at radius 2 is 1.58 bits per heavy atom. The van der Waals surface area contributed by atoms with Gasteiger partial charge in [0.2, 0.25) is 0 Å². The monoisotopic (exact) mass is 328 g/mol. The minimum Gasteiger partial charge on any atom is -0.493 e. The van der Waals surface area contributed by atoms with Gasteiger partial charge in [0.05, 0.1) is 27.2 Å². The van der Waals surface area contributed by atoms with E-state index in [-0.39, 0.29) is 18.8 Å². The molecule has 126 valence electrons. The van der Waals surface area contributed by atoms with E-state index in [9.17, 15) is 9.59 Å². The number of hydrogen-bond donors (Lipinski definition) is 0. The van der Waals surface area contributed by atoms with Crippen LogP contribution in [-0.2, 0) is 16.0 Å². The largest absolute Gasteiger partial charge is 0.493 e. The van der Waals surface area contributed by atoms with Crippen LogP contribution < -0.4 is 9.47 Å². The maximum Gasteiger partial charge on any atom is 0.310 e. The van der Waals surface area contributed by atoms with Crippen molar-refractivity contribution in [3.05, 3.63) is 59.2 Å². The van der Waals surface area contributed by atoms with Crippen LogP contribution in [0.4, 0.5) is 0 Å².